The molecule has 0 saturated carbocycles. The fourth-order valence-electron chi connectivity index (χ4n) is 4.44. The first-order valence-corrected chi connectivity index (χ1v) is 12.7. The minimum atomic E-state index is 0.334. The number of hydrogen-bond donors (Lipinski definition) is 1. The van der Waals surface area contributed by atoms with Crippen molar-refractivity contribution < 1.29 is 4.74 Å². The minimum absolute atomic E-state index is 0.334. The van der Waals surface area contributed by atoms with E-state index in [1.54, 1.807) is 11.9 Å². The van der Waals surface area contributed by atoms with E-state index in [0.717, 1.165) is 37.4 Å². The lowest BCUT2D eigenvalue weighted by Crippen LogP contribution is -2.44. The number of anilines is 1. The summed E-state index contributed by atoms with van der Waals surface area (Å²) in [5.74, 6) is 1.77. The van der Waals surface area contributed by atoms with E-state index in [1.807, 2.05) is 12.1 Å². The van der Waals surface area contributed by atoms with Crippen molar-refractivity contribution >= 4 is 17.6 Å². The first kappa shape index (κ1) is 22.6. The Morgan fingerprint density at radius 2 is 1.85 bits per heavy atom. The van der Waals surface area contributed by atoms with Gasteiger partial charge in [0.15, 0.2) is 0 Å². The van der Waals surface area contributed by atoms with Gasteiger partial charge in [-0.15, -0.1) is 0 Å². The quantitative estimate of drug-likeness (QED) is 0.370. The van der Waals surface area contributed by atoms with Crippen LogP contribution in [0.1, 0.15) is 17.5 Å². The van der Waals surface area contributed by atoms with Crippen molar-refractivity contribution in [1.82, 2.24) is 4.72 Å². The van der Waals surface area contributed by atoms with Gasteiger partial charge in [-0.3, -0.25) is 4.72 Å². The van der Waals surface area contributed by atoms with E-state index in [1.165, 1.54) is 27.3 Å². The normalized spacial score (nSPS) is 17.1. The Balaban J connectivity index is 1.38. The van der Waals surface area contributed by atoms with Crippen LogP contribution in [-0.2, 0) is 6.42 Å². The maximum absolute atomic E-state index is 6.22. The van der Waals surface area contributed by atoms with Gasteiger partial charge in [-0.2, -0.15) is 0 Å². The lowest BCUT2D eigenvalue weighted by molar-refractivity contribution is 0.480. The molecule has 3 nitrogen and oxygen atoms in total. The number of allylic oxidation sites excluding steroid dienone is 4. The summed E-state index contributed by atoms with van der Waals surface area (Å²) >= 11 is 1.71. The van der Waals surface area contributed by atoms with Crippen LogP contribution in [0.4, 0.5) is 5.69 Å². The van der Waals surface area contributed by atoms with E-state index in [2.05, 4.69) is 108 Å². The number of fused-ring (bicyclic) bond motifs is 1. The van der Waals surface area contributed by atoms with Crippen LogP contribution in [0.5, 0.6) is 11.5 Å². The molecule has 0 fully saturated rings. The second-order valence-corrected chi connectivity index (χ2v) is 9.74. The van der Waals surface area contributed by atoms with Crippen LogP contribution in [0.2, 0.25) is 0 Å². The van der Waals surface area contributed by atoms with Crippen molar-refractivity contribution in [2.45, 2.75) is 30.7 Å². The van der Waals surface area contributed by atoms with Crippen molar-refractivity contribution in [3.8, 4) is 11.5 Å². The van der Waals surface area contributed by atoms with Gasteiger partial charge in [-0.25, -0.2) is 0 Å². The van der Waals surface area contributed by atoms with Gasteiger partial charge >= 0.3 is 0 Å². The zero-order valence-corrected chi connectivity index (χ0v) is 20.3. The standard InChI is InChI=1S/C30H30N2OS/c1-23-10-9-13-27(18-23)33-28-16-17-30-25(20-28)19-26(31-34-29-14-7-4-8-15-29)22-32(30)21-24-11-5-2-3-6-12-24/h2-5,7-18,20,26,31H,6,19,21-22H2,1H3. The van der Waals surface area contributed by atoms with Gasteiger partial charge in [-0.05, 0) is 90.9 Å². The summed E-state index contributed by atoms with van der Waals surface area (Å²) in [4.78, 5) is 3.73. The summed E-state index contributed by atoms with van der Waals surface area (Å²) in [6.07, 6.45) is 13.0. The minimum Gasteiger partial charge on any atom is -0.457 e. The molecule has 0 saturated heterocycles. The summed E-state index contributed by atoms with van der Waals surface area (Å²) in [7, 11) is 0. The number of nitrogens with one attached hydrogen (secondary N) is 1. The Bertz CT molecular complexity index is 1220. The van der Waals surface area contributed by atoms with Crippen LogP contribution in [0.15, 0.2) is 114 Å². The molecule has 3 aromatic rings. The number of nitrogens with zero attached hydrogens (tertiary/aromatic N) is 1. The maximum Gasteiger partial charge on any atom is 0.127 e. The molecule has 1 aliphatic carbocycles. The van der Waals surface area contributed by atoms with E-state index in [0.29, 0.717) is 6.04 Å². The molecule has 1 atom stereocenters. The smallest absolute Gasteiger partial charge is 0.127 e. The largest absolute Gasteiger partial charge is 0.457 e. The Kier molecular flexibility index (Phi) is 7.18. The zero-order chi connectivity index (χ0) is 23.2. The molecule has 5 rings (SSSR count). The summed E-state index contributed by atoms with van der Waals surface area (Å²) in [5, 5.41) is 0. The van der Waals surface area contributed by atoms with Crippen molar-refractivity contribution in [2.24, 2.45) is 0 Å². The van der Waals surface area contributed by atoms with Crippen LogP contribution in [0.3, 0.4) is 0 Å². The third kappa shape index (κ3) is 5.82. The van der Waals surface area contributed by atoms with Crippen LogP contribution >= 0.6 is 11.9 Å². The number of hydrogen-bond acceptors (Lipinski definition) is 4. The molecule has 1 heterocycles. The molecule has 3 aromatic carbocycles. The Morgan fingerprint density at radius 1 is 0.971 bits per heavy atom. The predicted molar refractivity (Wildman–Crippen MR) is 144 cm³/mol. The van der Waals surface area contributed by atoms with Gasteiger partial charge in [0.25, 0.3) is 0 Å². The predicted octanol–water partition coefficient (Wildman–Crippen LogP) is 7.26. The third-order valence-electron chi connectivity index (χ3n) is 6.06. The van der Waals surface area contributed by atoms with E-state index < -0.39 is 0 Å². The van der Waals surface area contributed by atoms with Crippen molar-refractivity contribution in [3.63, 3.8) is 0 Å². The first-order valence-electron chi connectivity index (χ1n) is 11.8. The molecule has 0 spiro atoms. The Morgan fingerprint density at radius 3 is 2.74 bits per heavy atom. The van der Waals surface area contributed by atoms with E-state index >= 15 is 0 Å². The molecule has 0 bridgehead atoms. The van der Waals surface area contributed by atoms with E-state index in [-0.39, 0.29) is 0 Å². The van der Waals surface area contributed by atoms with Crippen LogP contribution in [0.25, 0.3) is 0 Å². The van der Waals surface area contributed by atoms with Crippen LogP contribution in [0, 0.1) is 6.92 Å². The summed E-state index contributed by atoms with van der Waals surface area (Å²) in [6.45, 7) is 3.95. The van der Waals surface area contributed by atoms with Crippen LogP contribution in [-0.4, -0.2) is 19.1 Å². The highest BCUT2D eigenvalue weighted by atomic mass is 32.2. The van der Waals surface area contributed by atoms with Gasteiger partial charge in [0.1, 0.15) is 11.5 Å². The summed E-state index contributed by atoms with van der Waals surface area (Å²) < 4.78 is 9.94. The molecule has 1 aliphatic heterocycles. The third-order valence-corrected chi connectivity index (χ3v) is 7.02. The molecule has 1 N–H and O–H groups in total. The average molecular weight is 467 g/mol. The molecule has 0 aromatic heterocycles. The summed E-state index contributed by atoms with van der Waals surface area (Å²) in [6, 6.07) is 25.6. The second-order valence-electron chi connectivity index (χ2n) is 8.83. The molecule has 1 unspecified atom stereocenters. The van der Waals surface area contributed by atoms with Crippen molar-refractivity contribution in [2.75, 3.05) is 18.0 Å². The molecule has 4 heteroatoms. The van der Waals surface area contributed by atoms with Crippen molar-refractivity contribution in [3.05, 3.63) is 120 Å². The SMILES string of the molecule is Cc1cccc(Oc2ccc3c(c2)CC(NSc2ccccc2)CN3CC2=CCC=CC=C2)c1. The molecule has 172 valence electrons. The van der Waals surface area contributed by atoms with Crippen LogP contribution < -0.4 is 14.4 Å². The Hall–Kier alpha value is -3.21. The number of benzene rings is 3. The van der Waals surface area contributed by atoms with Gasteiger partial charge < -0.3 is 9.64 Å². The lowest BCUT2D eigenvalue weighted by Gasteiger charge is -2.37. The highest BCUT2D eigenvalue weighted by molar-refractivity contribution is 7.97. The van der Waals surface area contributed by atoms with Crippen molar-refractivity contribution in [1.29, 1.82) is 0 Å². The zero-order valence-electron chi connectivity index (χ0n) is 19.5. The van der Waals surface area contributed by atoms with Gasteiger partial charge in [0.2, 0.25) is 0 Å². The number of ether oxygens (including phenoxy) is 1. The maximum atomic E-state index is 6.22. The van der Waals surface area contributed by atoms with Gasteiger partial charge in [0.05, 0.1) is 0 Å². The molecule has 34 heavy (non-hydrogen) atoms. The molecule has 0 radical (unpaired) electrons. The molecular formula is C30H30N2OS. The van der Waals surface area contributed by atoms with E-state index in [9.17, 15) is 0 Å². The molecule has 0 amide bonds. The summed E-state index contributed by atoms with van der Waals surface area (Å²) in [5.41, 5.74) is 5.17. The average Bonchev–Trinajstić information content (AvgIpc) is 3.12. The monoisotopic (exact) mass is 466 g/mol. The van der Waals surface area contributed by atoms with E-state index in [4.69, 9.17) is 4.74 Å². The van der Waals surface area contributed by atoms with Gasteiger partial charge in [0, 0.05) is 29.7 Å². The highest BCUT2D eigenvalue weighted by Crippen LogP contribution is 2.34. The molecular weight excluding hydrogens is 436 g/mol. The lowest BCUT2D eigenvalue weighted by atomic mass is 9.97. The second kappa shape index (κ2) is 10.8. The fraction of sp³-hybridized carbons (Fsp3) is 0.200. The first-order chi connectivity index (χ1) is 16.7. The fourth-order valence-corrected chi connectivity index (χ4v) is 5.19. The highest BCUT2D eigenvalue weighted by Gasteiger charge is 2.25. The van der Waals surface area contributed by atoms with Gasteiger partial charge in [-0.1, -0.05) is 60.7 Å². The topological polar surface area (TPSA) is 24.5 Å². The number of rotatable bonds is 7. The molecule has 2 aliphatic rings. The number of aryl methyl sites for hydroxylation is 1. The Labute approximate surface area is 207 Å².